The Morgan fingerprint density at radius 2 is 2.43 bits per heavy atom. The highest BCUT2D eigenvalue weighted by molar-refractivity contribution is 7.09. The molecule has 2 aromatic rings. The zero-order chi connectivity index (χ0) is 14.7. The van der Waals surface area contributed by atoms with Crippen LogP contribution in [-0.2, 0) is 24.3 Å². The Balaban J connectivity index is 1.67. The van der Waals surface area contributed by atoms with Crippen LogP contribution >= 0.6 is 11.3 Å². The molecule has 3 heterocycles. The average molecular weight is 304 g/mol. The molecule has 21 heavy (non-hydrogen) atoms. The van der Waals surface area contributed by atoms with Gasteiger partial charge in [0.25, 0.3) is 5.56 Å². The lowest BCUT2D eigenvalue weighted by atomic mass is 10.1. The van der Waals surface area contributed by atoms with Crippen LogP contribution in [0, 0.1) is 0 Å². The van der Waals surface area contributed by atoms with E-state index in [-0.39, 0.29) is 18.0 Å². The number of hydrogen-bond acceptors (Lipinski definition) is 5. The van der Waals surface area contributed by atoms with Crippen LogP contribution in [0.1, 0.15) is 16.9 Å². The second-order valence-electron chi connectivity index (χ2n) is 4.89. The maximum Gasteiger partial charge on any atom is 0.259 e. The Morgan fingerprint density at radius 1 is 1.52 bits per heavy atom. The third-order valence-corrected chi connectivity index (χ3v) is 4.26. The van der Waals surface area contributed by atoms with Gasteiger partial charge in [-0.1, -0.05) is 6.07 Å². The minimum atomic E-state index is -0.184. The molecule has 1 amide bonds. The fourth-order valence-electron chi connectivity index (χ4n) is 2.30. The highest BCUT2D eigenvalue weighted by Gasteiger charge is 2.16. The quantitative estimate of drug-likeness (QED) is 0.883. The van der Waals surface area contributed by atoms with Gasteiger partial charge in [0.15, 0.2) is 0 Å². The van der Waals surface area contributed by atoms with Gasteiger partial charge in [0.2, 0.25) is 5.91 Å². The Bertz CT molecular complexity index is 693. The minimum absolute atomic E-state index is 0.00445. The first-order valence-electron chi connectivity index (χ1n) is 6.85. The Morgan fingerprint density at radius 3 is 3.24 bits per heavy atom. The van der Waals surface area contributed by atoms with E-state index in [1.54, 1.807) is 11.3 Å². The third-order valence-electron chi connectivity index (χ3n) is 3.38. The summed E-state index contributed by atoms with van der Waals surface area (Å²) in [6, 6.07) is 3.90. The molecule has 0 atom stereocenters. The fraction of sp³-hybridized carbons (Fsp3) is 0.357. The van der Waals surface area contributed by atoms with Crippen molar-refractivity contribution < 1.29 is 4.79 Å². The lowest BCUT2D eigenvalue weighted by Crippen LogP contribution is -2.35. The van der Waals surface area contributed by atoms with Crippen molar-refractivity contribution in [1.29, 1.82) is 0 Å². The summed E-state index contributed by atoms with van der Waals surface area (Å²) in [5.41, 5.74) is 0.549. The zero-order valence-electron chi connectivity index (χ0n) is 11.5. The van der Waals surface area contributed by atoms with Crippen LogP contribution in [-0.4, -0.2) is 22.0 Å². The van der Waals surface area contributed by atoms with E-state index < -0.39 is 0 Å². The van der Waals surface area contributed by atoms with Crippen molar-refractivity contribution >= 4 is 23.1 Å². The van der Waals surface area contributed by atoms with Gasteiger partial charge in [-0.2, -0.15) is 0 Å². The summed E-state index contributed by atoms with van der Waals surface area (Å²) < 4.78 is 1.37. The second kappa shape index (κ2) is 6.09. The first-order chi connectivity index (χ1) is 10.2. The van der Waals surface area contributed by atoms with Crippen molar-refractivity contribution in [3.05, 3.63) is 44.6 Å². The SMILES string of the molecule is O=C(Cn1cnc2c(c1=O)CCCN2)NCc1cccs1. The number of amides is 1. The first kappa shape index (κ1) is 13.8. The van der Waals surface area contributed by atoms with Gasteiger partial charge in [0.05, 0.1) is 12.1 Å². The van der Waals surface area contributed by atoms with Crippen molar-refractivity contribution in [3.8, 4) is 0 Å². The van der Waals surface area contributed by atoms with Crippen LogP contribution < -0.4 is 16.2 Å². The van der Waals surface area contributed by atoms with Gasteiger partial charge in [0.1, 0.15) is 18.7 Å². The summed E-state index contributed by atoms with van der Waals surface area (Å²) in [5, 5.41) is 7.88. The molecule has 0 fully saturated rings. The van der Waals surface area contributed by atoms with Crippen LogP contribution in [0.3, 0.4) is 0 Å². The van der Waals surface area contributed by atoms with E-state index in [1.165, 1.54) is 10.9 Å². The highest BCUT2D eigenvalue weighted by atomic mass is 32.1. The predicted molar refractivity (Wildman–Crippen MR) is 81.5 cm³/mol. The fourth-order valence-corrected chi connectivity index (χ4v) is 2.95. The molecule has 1 aliphatic heterocycles. The number of hydrogen-bond donors (Lipinski definition) is 2. The molecule has 0 radical (unpaired) electrons. The largest absolute Gasteiger partial charge is 0.370 e. The molecule has 2 N–H and O–H groups in total. The number of thiophene rings is 1. The lowest BCUT2D eigenvalue weighted by molar-refractivity contribution is -0.121. The number of nitrogens with zero attached hydrogens (tertiary/aromatic N) is 2. The van der Waals surface area contributed by atoms with E-state index in [2.05, 4.69) is 15.6 Å². The van der Waals surface area contributed by atoms with Gasteiger partial charge in [-0.3, -0.25) is 14.2 Å². The van der Waals surface area contributed by atoms with Gasteiger partial charge in [-0.25, -0.2) is 4.98 Å². The van der Waals surface area contributed by atoms with E-state index in [4.69, 9.17) is 0 Å². The molecule has 0 aromatic carbocycles. The summed E-state index contributed by atoms with van der Waals surface area (Å²) in [4.78, 5) is 29.5. The maximum absolute atomic E-state index is 12.3. The normalized spacial score (nSPS) is 13.3. The smallest absolute Gasteiger partial charge is 0.259 e. The third kappa shape index (κ3) is 3.13. The van der Waals surface area contributed by atoms with Crippen molar-refractivity contribution in [2.75, 3.05) is 11.9 Å². The van der Waals surface area contributed by atoms with Crippen LogP contribution in [0.2, 0.25) is 0 Å². The molecule has 2 aromatic heterocycles. The molecule has 3 rings (SSSR count). The molecular weight excluding hydrogens is 288 g/mol. The maximum atomic E-state index is 12.3. The van der Waals surface area contributed by atoms with E-state index >= 15 is 0 Å². The Hall–Kier alpha value is -2.15. The highest BCUT2D eigenvalue weighted by Crippen LogP contribution is 2.14. The van der Waals surface area contributed by atoms with Gasteiger partial charge < -0.3 is 10.6 Å². The molecule has 0 saturated heterocycles. The number of aromatic nitrogens is 2. The van der Waals surface area contributed by atoms with Gasteiger partial charge in [-0.05, 0) is 24.3 Å². The molecule has 6 nitrogen and oxygen atoms in total. The molecule has 110 valence electrons. The number of nitrogens with one attached hydrogen (secondary N) is 2. The molecular formula is C14H16N4O2S. The number of fused-ring (bicyclic) bond motifs is 1. The van der Waals surface area contributed by atoms with Crippen LogP contribution in [0.25, 0.3) is 0 Å². The number of carbonyl (C=O) groups excluding carboxylic acids is 1. The Kier molecular flexibility index (Phi) is 4.01. The zero-order valence-corrected chi connectivity index (χ0v) is 12.3. The van der Waals surface area contributed by atoms with Gasteiger partial charge >= 0.3 is 0 Å². The van der Waals surface area contributed by atoms with Crippen LogP contribution in [0.5, 0.6) is 0 Å². The van der Waals surface area contributed by atoms with E-state index in [9.17, 15) is 9.59 Å². The standard InChI is InChI=1S/C14H16N4O2S/c19-12(16-7-10-3-2-6-21-10)8-18-9-17-13-11(14(18)20)4-1-5-15-13/h2-3,6,9,15H,1,4-5,7-8H2,(H,16,19). The van der Waals surface area contributed by atoms with Crippen molar-refractivity contribution in [2.45, 2.75) is 25.9 Å². The molecule has 0 bridgehead atoms. The first-order valence-corrected chi connectivity index (χ1v) is 7.73. The van der Waals surface area contributed by atoms with Crippen molar-refractivity contribution in [2.24, 2.45) is 0 Å². The minimum Gasteiger partial charge on any atom is -0.370 e. The molecule has 0 unspecified atom stereocenters. The van der Waals surface area contributed by atoms with Crippen molar-refractivity contribution in [3.63, 3.8) is 0 Å². The Labute approximate surface area is 125 Å². The van der Waals surface area contributed by atoms with Crippen LogP contribution in [0.15, 0.2) is 28.6 Å². The molecule has 0 saturated carbocycles. The lowest BCUT2D eigenvalue weighted by Gasteiger charge is -2.17. The predicted octanol–water partition coefficient (Wildman–Crippen LogP) is 0.979. The average Bonchev–Trinajstić information content (AvgIpc) is 3.02. The summed E-state index contributed by atoms with van der Waals surface area (Å²) >= 11 is 1.59. The molecule has 7 heteroatoms. The van der Waals surface area contributed by atoms with E-state index in [0.717, 1.165) is 17.8 Å². The van der Waals surface area contributed by atoms with E-state index in [1.807, 2.05) is 17.5 Å². The number of rotatable bonds is 4. The van der Waals surface area contributed by atoms with Crippen LogP contribution in [0.4, 0.5) is 5.82 Å². The summed E-state index contributed by atoms with van der Waals surface area (Å²) in [5.74, 6) is 0.470. The topological polar surface area (TPSA) is 76.0 Å². The van der Waals surface area contributed by atoms with E-state index in [0.29, 0.717) is 24.3 Å². The molecule has 0 spiro atoms. The molecule has 1 aliphatic rings. The number of carbonyl (C=O) groups is 1. The summed E-state index contributed by atoms with van der Waals surface area (Å²) in [6.07, 6.45) is 3.06. The van der Waals surface area contributed by atoms with Crippen molar-refractivity contribution in [1.82, 2.24) is 14.9 Å². The summed E-state index contributed by atoms with van der Waals surface area (Å²) in [7, 11) is 0. The number of anilines is 1. The summed E-state index contributed by atoms with van der Waals surface area (Å²) in [6.45, 7) is 1.33. The van der Waals surface area contributed by atoms with Gasteiger partial charge in [-0.15, -0.1) is 11.3 Å². The van der Waals surface area contributed by atoms with Gasteiger partial charge in [0, 0.05) is 11.4 Å². The molecule has 0 aliphatic carbocycles. The second-order valence-corrected chi connectivity index (χ2v) is 5.92. The monoisotopic (exact) mass is 304 g/mol.